The minimum absolute atomic E-state index is 0.216. The predicted molar refractivity (Wildman–Crippen MR) is 268 cm³/mol. The van der Waals surface area contributed by atoms with Gasteiger partial charge in [0.1, 0.15) is 73.2 Å². The summed E-state index contributed by atoms with van der Waals surface area (Å²) in [7, 11) is 0. The zero-order valence-electron chi connectivity index (χ0n) is 42.4. The minimum atomic E-state index is -1.98. The van der Waals surface area contributed by atoms with Crippen molar-refractivity contribution in [1.29, 1.82) is 0 Å². The summed E-state index contributed by atoms with van der Waals surface area (Å²) in [6, 6.07) is -1.00. The molecule has 3 rings (SSSR count). The van der Waals surface area contributed by atoms with E-state index in [0.29, 0.717) is 12.8 Å². The van der Waals surface area contributed by atoms with Gasteiger partial charge in [-0.05, 0) is 70.6 Å². The van der Waals surface area contributed by atoms with E-state index in [1.165, 1.54) is 0 Å². The van der Waals surface area contributed by atoms with E-state index in [9.17, 15) is 61.0 Å². The minimum Gasteiger partial charge on any atom is -0.394 e. The highest BCUT2D eigenvalue weighted by Crippen LogP contribution is 2.33. The third kappa shape index (κ3) is 22.2. The number of amides is 1. The number of allylic oxidation sites excluding steroid dienone is 11. The van der Waals surface area contributed by atoms with E-state index in [1.54, 1.807) is 12.2 Å². The molecule has 3 aliphatic heterocycles. The van der Waals surface area contributed by atoms with Gasteiger partial charge < -0.3 is 89.9 Å². The highest BCUT2D eigenvalue weighted by Gasteiger charge is 2.53. The van der Waals surface area contributed by atoms with Gasteiger partial charge in [0.25, 0.3) is 0 Å². The van der Waals surface area contributed by atoms with Crippen LogP contribution in [0.5, 0.6) is 0 Å². The Morgan fingerprint density at radius 3 is 1.50 bits per heavy atom. The molecule has 12 N–H and O–H groups in total. The molecule has 0 aromatic rings. The van der Waals surface area contributed by atoms with E-state index in [0.717, 1.165) is 89.9 Å². The predicted octanol–water partition coefficient (Wildman–Crippen LogP) is 2.31. The second-order valence-electron chi connectivity index (χ2n) is 18.6. The first-order valence-electron chi connectivity index (χ1n) is 26.2. The van der Waals surface area contributed by atoms with Gasteiger partial charge in [0.05, 0.1) is 38.6 Å². The van der Waals surface area contributed by atoms with Crippen LogP contribution >= 0.6 is 0 Å². The molecule has 19 heteroatoms. The fraction of sp³-hybridized carbons (Fsp3) is 0.755. The van der Waals surface area contributed by atoms with Crippen molar-refractivity contribution in [3.05, 3.63) is 72.9 Å². The first-order valence-corrected chi connectivity index (χ1v) is 26.2. The molecule has 0 saturated carbocycles. The number of carbonyl (C=O) groups is 1. The van der Waals surface area contributed by atoms with E-state index in [4.69, 9.17) is 28.4 Å². The number of ether oxygens (including phenoxy) is 6. The summed E-state index contributed by atoms with van der Waals surface area (Å²) >= 11 is 0. The molecular formula is C53H89NO18. The van der Waals surface area contributed by atoms with Gasteiger partial charge in [0, 0.05) is 6.42 Å². The Morgan fingerprint density at radius 1 is 0.500 bits per heavy atom. The lowest BCUT2D eigenvalue weighted by molar-refractivity contribution is -0.379. The quantitative estimate of drug-likeness (QED) is 0.0320. The largest absolute Gasteiger partial charge is 0.394 e. The van der Waals surface area contributed by atoms with Crippen LogP contribution in [0.1, 0.15) is 123 Å². The Balaban J connectivity index is 1.55. The summed E-state index contributed by atoms with van der Waals surface area (Å²) in [5.74, 6) is -0.308. The number of carbonyl (C=O) groups excluding carboxylic acids is 1. The summed E-state index contributed by atoms with van der Waals surface area (Å²) < 4.78 is 34.0. The molecular weight excluding hydrogens is 939 g/mol. The van der Waals surface area contributed by atoms with Crippen molar-refractivity contribution in [2.75, 3.05) is 26.4 Å². The van der Waals surface area contributed by atoms with Crippen LogP contribution in [-0.2, 0) is 33.2 Å². The lowest BCUT2D eigenvalue weighted by Crippen LogP contribution is -2.66. The molecule has 72 heavy (non-hydrogen) atoms. The van der Waals surface area contributed by atoms with E-state index >= 15 is 0 Å². The summed E-state index contributed by atoms with van der Waals surface area (Å²) in [5, 5.41) is 119. The average Bonchev–Trinajstić information content (AvgIpc) is 3.37. The molecule has 17 unspecified atom stereocenters. The number of nitrogens with one attached hydrogen (secondary N) is 1. The fourth-order valence-corrected chi connectivity index (χ4v) is 8.42. The van der Waals surface area contributed by atoms with Crippen molar-refractivity contribution in [2.24, 2.45) is 0 Å². The maximum absolute atomic E-state index is 13.2. The Hall–Kier alpha value is -2.77. The van der Waals surface area contributed by atoms with Gasteiger partial charge in [-0.15, -0.1) is 0 Å². The van der Waals surface area contributed by atoms with Gasteiger partial charge in [-0.3, -0.25) is 4.79 Å². The number of hydrogen-bond acceptors (Lipinski definition) is 18. The number of hydrogen-bond donors (Lipinski definition) is 12. The van der Waals surface area contributed by atoms with Crippen molar-refractivity contribution >= 4 is 5.91 Å². The van der Waals surface area contributed by atoms with E-state index < -0.39 is 124 Å². The van der Waals surface area contributed by atoms with Gasteiger partial charge in [-0.25, -0.2) is 0 Å². The van der Waals surface area contributed by atoms with Crippen molar-refractivity contribution in [3.63, 3.8) is 0 Å². The smallest absolute Gasteiger partial charge is 0.220 e. The van der Waals surface area contributed by atoms with Crippen LogP contribution in [0, 0.1) is 0 Å². The molecule has 1 amide bonds. The molecule has 0 aliphatic carbocycles. The zero-order chi connectivity index (χ0) is 52.7. The molecule has 3 heterocycles. The van der Waals surface area contributed by atoms with Crippen molar-refractivity contribution in [1.82, 2.24) is 5.32 Å². The van der Waals surface area contributed by atoms with Crippen LogP contribution in [0.3, 0.4) is 0 Å². The van der Waals surface area contributed by atoms with Gasteiger partial charge in [-0.2, -0.15) is 0 Å². The molecule has 3 aliphatic rings. The molecule has 0 aromatic heterocycles. The van der Waals surface area contributed by atoms with Crippen molar-refractivity contribution < 1.29 is 89.4 Å². The Bertz CT molecular complexity index is 1610. The van der Waals surface area contributed by atoms with E-state index in [2.05, 4.69) is 79.9 Å². The SMILES string of the molecule is CC/C=C\C/C=C\C/C=C\CCCCCCCCCC(=O)NC(COC1OC(CO)C(OC2OC(CO)C(OC3OC(CO)C(O)C(O)C3O)C(O)C2O)C(O)C1O)C(O)/C=C/CC/C=C/CC/C=C/CC. The van der Waals surface area contributed by atoms with Crippen molar-refractivity contribution in [2.45, 2.75) is 227 Å². The lowest BCUT2D eigenvalue weighted by Gasteiger charge is -2.48. The molecule has 0 aromatic carbocycles. The Kier molecular flexibility index (Phi) is 32.7. The second-order valence-corrected chi connectivity index (χ2v) is 18.6. The van der Waals surface area contributed by atoms with Gasteiger partial charge >= 0.3 is 0 Å². The molecule has 414 valence electrons. The first-order chi connectivity index (χ1) is 34.8. The lowest BCUT2D eigenvalue weighted by atomic mass is 9.96. The summed E-state index contributed by atoms with van der Waals surface area (Å²) in [4.78, 5) is 13.2. The fourth-order valence-electron chi connectivity index (χ4n) is 8.42. The highest BCUT2D eigenvalue weighted by atomic mass is 16.8. The maximum Gasteiger partial charge on any atom is 0.220 e. The van der Waals surface area contributed by atoms with E-state index in [-0.39, 0.29) is 18.9 Å². The van der Waals surface area contributed by atoms with E-state index in [1.807, 2.05) is 0 Å². The Labute approximate surface area is 426 Å². The molecule has 3 fully saturated rings. The summed E-state index contributed by atoms with van der Waals surface area (Å²) in [6.07, 6.45) is 13.5. The Morgan fingerprint density at radius 2 is 0.931 bits per heavy atom. The monoisotopic (exact) mass is 1030 g/mol. The molecule has 3 saturated heterocycles. The van der Waals surface area contributed by atoms with Crippen LogP contribution in [0.4, 0.5) is 0 Å². The number of aliphatic hydroxyl groups excluding tert-OH is 11. The molecule has 0 bridgehead atoms. The van der Waals surface area contributed by atoms with Gasteiger partial charge in [0.2, 0.25) is 5.91 Å². The van der Waals surface area contributed by atoms with Crippen LogP contribution in [-0.4, -0.2) is 193 Å². The van der Waals surface area contributed by atoms with Crippen LogP contribution in [0.15, 0.2) is 72.9 Å². The van der Waals surface area contributed by atoms with Crippen LogP contribution in [0.25, 0.3) is 0 Å². The number of aliphatic hydroxyl groups is 11. The summed E-state index contributed by atoms with van der Waals surface area (Å²) in [6.45, 7) is 1.39. The maximum atomic E-state index is 13.2. The topological polar surface area (TPSA) is 307 Å². The highest BCUT2D eigenvalue weighted by molar-refractivity contribution is 5.76. The zero-order valence-corrected chi connectivity index (χ0v) is 42.4. The summed E-state index contributed by atoms with van der Waals surface area (Å²) in [5.41, 5.74) is 0. The van der Waals surface area contributed by atoms with Crippen LogP contribution in [0.2, 0.25) is 0 Å². The molecule has 17 atom stereocenters. The molecule has 0 radical (unpaired) electrons. The number of rotatable bonds is 35. The van der Waals surface area contributed by atoms with Gasteiger partial charge in [0.15, 0.2) is 18.9 Å². The average molecular weight is 1030 g/mol. The standard InChI is InChI=1S/C53H89NO18/c1-3-5-7-9-11-13-15-16-17-18-19-20-21-23-25-27-29-31-41(59)54-36(37(58)30-28-26-24-22-14-12-10-8-6-4-2)35-67-51-47(65)44(62)49(39(33-56)69-51)72-53-48(66)45(63)50(40(34-57)70-53)71-52-46(64)43(61)42(60)38(32-55)68-52/h5-8,11,13-14,16-17,22,28,30,36-40,42-53,55-58,60-66H,3-4,9-10,12,15,18-21,23-27,29,31-35H2,1-2H3,(H,54,59)/b7-5-,8-6+,13-11-,17-16-,22-14+,30-28+. The van der Waals surface area contributed by atoms with Crippen LogP contribution < -0.4 is 5.32 Å². The van der Waals surface area contributed by atoms with Gasteiger partial charge in [-0.1, -0.05) is 119 Å². The normalized spacial score (nSPS) is 32.6. The third-order valence-electron chi connectivity index (χ3n) is 12.7. The third-order valence-corrected chi connectivity index (χ3v) is 12.7. The second kappa shape index (κ2) is 37.1. The molecule has 19 nitrogen and oxygen atoms in total. The molecule has 0 spiro atoms. The van der Waals surface area contributed by atoms with Crippen molar-refractivity contribution in [3.8, 4) is 0 Å². The first kappa shape index (κ1) is 63.5. The number of unbranched alkanes of at least 4 members (excludes halogenated alkanes) is 9.